The number of aromatic nitrogens is 1. The predicted molar refractivity (Wildman–Crippen MR) is 124 cm³/mol. The van der Waals surface area contributed by atoms with Gasteiger partial charge in [0.2, 0.25) is 5.88 Å². The summed E-state index contributed by atoms with van der Waals surface area (Å²) in [4.78, 5) is 10.3. The Morgan fingerprint density at radius 3 is 2.38 bits per heavy atom. The first-order valence-electron chi connectivity index (χ1n) is 10.2. The van der Waals surface area contributed by atoms with Crippen molar-refractivity contribution in [2.45, 2.75) is 33.4 Å². The third-order valence-corrected chi connectivity index (χ3v) is 4.59. The van der Waals surface area contributed by atoms with E-state index >= 15 is 0 Å². The summed E-state index contributed by atoms with van der Waals surface area (Å²) in [5.74, 6) is 0.154. The fourth-order valence-electron chi connectivity index (χ4n) is 2.91. The Labute approximate surface area is 187 Å². The van der Waals surface area contributed by atoms with Crippen LogP contribution >= 0.6 is 0 Å². The van der Waals surface area contributed by atoms with Gasteiger partial charge in [-0.25, -0.2) is 9.98 Å². The van der Waals surface area contributed by atoms with E-state index in [-0.39, 0.29) is 5.70 Å². The normalized spacial score (nSPS) is 13.5. The second-order valence-corrected chi connectivity index (χ2v) is 7.39. The summed E-state index contributed by atoms with van der Waals surface area (Å²) in [5.41, 5.74) is 1.49. The van der Waals surface area contributed by atoms with Crippen LogP contribution in [0.5, 0.6) is 0 Å². The van der Waals surface area contributed by atoms with Crippen LogP contribution in [0, 0.1) is 6.92 Å². The number of pyridine rings is 1. The van der Waals surface area contributed by atoms with E-state index in [1.54, 1.807) is 49.2 Å². The average molecular weight is 447 g/mol. The molecule has 0 atom stereocenters. The Morgan fingerprint density at radius 1 is 1.19 bits per heavy atom. The standard InChI is InChI=1S/C24H29F3N4O/c1-7-8-20(30-19-11-9-16(2)10-12-19)22(24(25,26)27)23(32-6)29-17(3)18-13-14-28-21(15-18)31(4)5/h8-15,30H,7H2,1-6H3/b20-8-,23-22-,29-17+. The van der Waals surface area contributed by atoms with E-state index in [0.29, 0.717) is 29.2 Å². The number of aliphatic imine (C=N–C) groups is 1. The van der Waals surface area contributed by atoms with Gasteiger partial charge in [0.05, 0.1) is 12.8 Å². The number of halogens is 3. The van der Waals surface area contributed by atoms with Crippen LogP contribution in [0.4, 0.5) is 24.7 Å². The molecule has 0 unspecified atom stereocenters. The predicted octanol–water partition coefficient (Wildman–Crippen LogP) is 6.09. The Kier molecular flexibility index (Phi) is 8.46. The van der Waals surface area contributed by atoms with E-state index in [1.807, 2.05) is 33.2 Å². The van der Waals surface area contributed by atoms with Crippen molar-refractivity contribution in [1.29, 1.82) is 0 Å². The molecule has 8 heteroatoms. The Bertz CT molecular complexity index is 1010. The Balaban J connectivity index is 2.60. The summed E-state index contributed by atoms with van der Waals surface area (Å²) in [7, 11) is 4.85. The molecule has 0 aliphatic heterocycles. The van der Waals surface area contributed by atoms with Crippen LogP contribution in [0.1, 0.15) is 31.4 Å². The summed E-state index contributed by atoms with van der Waals surface area (Å²) < 4.78 is 47.8. The van der Waals surface area contributed by atoms with Crippen LogP contribution in [-0.2, 0) is 4.74 Å². The minimum atomic E-state index is -4.69. The zero-order valence-corrected chi connectivity index (χ0v) is 19.2. The van der Waals surface area contributed by atoms with Crippen molar-refractivity contribution in [2.24, 2.45) is 4.99 Å². The number of methoxy groups -OCH3 is 1. The van der Waals surface area contributed by atoms with Crippen molar-refractivity contribution in [3.8, 4) is 0 Å². The summed E-state index contributed by atoms with van der Waals surface area (Å²) in [5, 5.41) is 2.88. The maximum absolute atomic E-state index is 14.2. The lowest BCUT2D eigenvalue weighted by Gasteiger charge is -2.20. The SMILES string of the molecule is CC/C=C(Nc1ccc(C)cc1)/C(=C(\N=C(/C)c1ccnc(N(C)C)c1)OC)C(F)(F)F. The number of nitrogens with one attached hydrogen (secondary N) is 1. The largest absolute Gasteiger partial charge is 0.480 e. The first-order valence-corrected chi connectivity index (χ1v) is 10.2. The lowest BCUT2D eigenvalue weighted by Crippen LogP contribution is -2.21. The van der Waals surface area contributed by atoms with Gasteiger partial charge in [-0.05, 0) is 44.5 Å². The number of ether oxygens (including phenoxy) is 1. The van der Waals surface area contributed by atoms with Gasteiger partial charge in [0.1, 0.15) is 11.4 Å². The van der Waals surface area contributed by atoms with E-state index in [1.165, 1.54) is 13.2 Å². The molecule has 2 aromatic rings. The Morgan fingerprint density at radius 2 is 1.84 bits per heavy atom. The molecule has 0 fully saturated rings. The molecule has 0 bridgehead atoms. The van der Waals surface area contributed by atoms with Crippen LogP contribution in [0.3, 0.4) is 0 Å². The lowest BCUT2D eigenvalue weighted by molar-refractivity contribution is -0.0924. The second-order valence-electron chi connectivity index (χ2n) is 7.39. The summed E-state index contributed by atoms with van der Waals surface area (Å²) >= 11 is 0. The van der Waals surface area contributed by atoms with E-state index < -0.39 is 17.6 Å². The van der Waals surface area contributed by atoms with Crippen LogP contribution in [0.25, 0.3) is 0 Å². The van der Waals surface area contributed by atoms with Gasteiger partial charge < -0.3 is 15.0 Å². The Hall–Kier alpha value is -3.29. The number of benzene rings is 1. The lowest BCUT2D eigenvalue weighted by atomic mass is 10.1. The fourth-order valence-corrected chi connectivity index (χ4v) is 2.91. The maximum atomic E-state index is 14.2. The molecule has 5 nitrogen and oxygen atoms in total. The van der Waals surface area contributed by atoms with Crippen molar-refractivity contribution in [1.82, 2.24) is 4.98 Å². The number of aryl methyl sites for hydroxylation is 1. The summed E-state index contributed by atoms with van der Waals surface area (Å²) in [6, 6.07) is 10.6. The molecular formula is C24H29F3N4O. The molecule has 0 saturated carbocycles. The van der Waals surface area contributed by atoms with Gasteiger partial charge in [-0.15, -0.1) is 0 Å². The molecule has 0 amide bonds. The highest BCUT2D eigenvalue weighted by molar-refractivity contribution is 5.99. The van der Waals surface area contributed by atoms with Crippen molar-refractivity contribution in [2.75, 3.05) is 31.4 Å². The minimum Gasteiger partial charge on any atom is -0.480 e. The number of allylic oxidation sites excluding steroid dienone is 2. The number of hydrogen-bond acceptors (Lipinski definition) is 5. The molecule has 172 valence electrons. The number of alkyl halides is 3. The summed E-state index contributed by atoms with van der Waals surface area (Å²) in [6.07, 6.45) is -1.24. The first-order chi connectivity index (χ1) is 15.1. The zero-order valence-electron chi connectivity index (χ0n) is 19.2. The van der Waals surface area contributed by atoms with Crippen molar-refractivity contribution < 1.29 is 17.9 Å². The second kappa shape index (κ2) is 10.8. The first kappa shape index (κ1) is 25.0. The van der Waals surface area contributed by atoms with Gasteiger partial charge in [0, 0.05) is 37.3 Å². The number of hydrogen-bond donors (Lipinski definition) is 1. The van der Waals surface area contributed by atoms with Crippen LogP contribution < -0.4 is 10.2 Å². The van der Waals surface area contributed by atoms with E-state index in [9.17, 15) is 13.2 Å². The van der Waals surface area contributed by atoms with Crippen LogP contribution in [0.15, 0.2) is 70.8 Å². The highest BCUT2D eigenvalue weighted by Crippen LogP contribution is 2.35. The molecule has 1 aromatic carbocycles. The number of anilines is 2. The highest BCUT2D eigenvalue weighted by atomic mass is 19.4. The van der Waals surface area contributed by atoms with Crippen molar-refractivity contribution >= 4 is 17.2 Å². The summed E-state index contributed by atoms with van der Waals surface area (Å²) in [6.45, 7) is 5.32. The number of rotatable bonds is 8. The van der Waals surface area contributed by atoms with E-state index in [4.69, 9.17) is 4.74 Å². The number of nitrogens with zero attached hydrogens (tertiary/aromatic N) is 3. The van der Waals surface area contributed by atoms with Gasteiger partial charge in [0.15, 0.2) is 0 Å². The van der Waals surface area contributed by atoms with E-state index in [0.717, 1.165) is 5.56 Å². The smallest absolute Gasteiger partial charge is 0.423 e. The molecular weight excluding hydrogens is 417 g/mol. The van der Waals surface area contributed by atoms with Crippen molar-refractivity contribution in [3.63, 3.8) is 0 Å². The molecule has 0 aliphatic rings. The third-order valence-electron chi connectivity index (χ3n) is 4.59. The molecule has 1 N–H and O–H groups in total. The highest BCUT2D eigenvalue weighted by Gasteiger charge is 2.40. The molecule has 0 radical (unpaired) electrons. The van der Waals surface area contributed by atoms with Crippen LogP contribution in [0.2, 0.25) is 0 Å². The molecule has 0 aliphatic carbocycles. The van der Waals surface area contributed by atoms with Gasteiger partial charge in [-0.3, -0.25) is 0 Å². The third kappa shape index (κ3) is 6.60. The van der Waals surface area contributed by atoms with Gasteiger partial charge in [-0.1, -0.05) is 30.7 Å². The minimum absolute atomic E-state index is 0.110. The molecule has 2 rings (SSSR count). The maximum Gasteiger partial charge on any atom is 0.423 e. The fraction of sp³-hybridized carbons (Fsp3) is 0.333. The van der Waals surface area contributed by atoms with E-state index in [2.05, 4.69) is 15.3 Å². The van der Waals surface area contributed by atoms with Gasteiger partial charge in [-0.2, -0.15) is 13.2 Å². The van der Waals surface area contributed by atoms with Gasteiger partial charge >= 0.3 is 6.18 Å². The van der Waals surface area contributed by atoms with Gasteiger partial charge in [0.25, 0.3) is 0 Å². The topological polar surface area (TPSA) is 49.8 Å². The van der Waals surface area contributed by atoms with Crippen molar-refractivity contribution in [3.05, 3.63) is 77.0 Å². The molecule has 0 saturated heterocycles. The molecule has 1 heterocycles. The molecule has 0 spiro atoms. The molecule has 1 aromatic heterocycles. The molecule has 32 heavy (non-hydrogen) atoms. The van der Waals surface area contributed by atoms with Crippen LogP contribution in [-0.4, -0.2) is 38.1 Å². The quantitative estimate of drug-likeness (QED) is 0.303. The zero-order chi connectivity index (χ0) is 23.9. The monoisotopic (exact) mass is 446 g/mol. The average Bonchev–Trinajstić information content (AvgIpc) is 2.74.